The Bertz CT molecular complexity index is 325. The summed E-state index contributed by atoms with van der Waals surface area (Å²) >= 11 is 0. The maximum atomic E-state index is 11.3. The van der Waals surface area contributed by atoms with Gasteiger partial charge in [-0.05, 0) is 38.1 Å². The first kappa shape index (κ1) is 14.7. The number of benzene rings is 1. The Morgan fingerprint density at radius 1 is 1.44 bits per heavy atom. The highest BCUT2D eigenvalue weighted by molar-refractivity contribution is 5.94. The molecule has 5 heteroatoms. The number of ether oxygens (including phenoxy) is 1. The summed E-state index contributed by atoms with van der Waals surface area (Å²) in [4.78, 5) is 11.3. The van der Waals surface area contributed by atoms with Gasteiger partial charge in [-0.25, -0.2) is 0 Å². The fourth-order valence-electron chi connectivity index (χ4n) is 1.06. The van der Waals surface area contributed by atoms with Crippen LogP contribution in [-0.4, -0.2) is 18.6 Å². The summed E-state index contributed by atoms with van der Waals surface area (Å²) in [6.07, 6.45) is 0. The molecule has 90 valence electrons. The first-order valence-corrected chi connectivity index (χ1v) is 4.92. The molecule has 3 N–H and O–H groups in total. The number of halogens is 1. The van der Waals surface area contributed by atoms with Crippen LogP contribution in [0.4, 0.5) is 5.69 Å². The van der Waals surface area contributed by atoms with Crippen molar-refractivity contribution < 1.29 is 9.53 Å². The van der Waals surface area contributed by atoms with Crippen LogP contribution in [0, 0.1) is 0 Å². The molecule has 1 aromatic rings. The predicted molar refractivity (Wildman–Crippen MR) is 67.1 cm³/mol. The van der Waals surface area contributed by atoms with E-state index in [0.717, 1.165) is 11.4 Å². The lowest BCUT2D eigenvalue weighted by molar-refractivity contribution is -0.117. The van der Waals surface area contributed by atoms with E-state index in [9.17, 15) is 4.79 Å². The van der Waals surface area contributed by atoms with Gasteiger partial charge >= 0.3 is 0 Å². The van der Waals surface area contributed by atoms with Crippen molar-refractivity contribution in [2.75, 3.05) is 11.9 Å². The third-order valence-corrected chi connectivity index (χ3v) is 1.85. The van der Waals surface area contributed by atoms with E-state index in [-0.39, 0.29) is 18.3 Å². The molecule has 1 rings (SSSR count). The lowest BCUT2D eigenvalue weighted by atomic mass is 10.2. The van der Waals surface area contributed by atoms with Gasteiger partial charge in [-0.15, -0.1) is 12.4 Å². The topological polar surface area (TPSA) is 64.3 Å². The van der Waals surface area contributed by atoms with Crippen LogP contribution in [0.3, 0.4) is 0 Å². The molecule has 0 bridgehead atoms. The molecule has 0 aliphatic rings. The van der Waals surface area contributed by atoms with Crippen molar-refractivity contribution in [3.8, 4) is 5.75 Å². The second-order valence-corrected chi connectivity index (χ2v) is 3.24. The first-order valence-electron chi connectivity index (χ1n) is 4.92. The monoisotopic (exact) mass is 244 g/mol. The minimum absolute atomic E-state index is 0. The number of amides is 1. The SMILES string of the molecule is CCOc1ccc(NC(=O)[C@@H](C)N)cc1.Cl. The van der Waals surface area contributed by atoms with E-state index >= 15 is 0 Å². The molecule has 0 aliphatic carbocycles. The van der Waals surface area contributed by atoms with E-state index in [1.54, 1.807) is 31.2 Å². The van der Waals surface area contributed by atoms with E-state index in [4.69, 9.17) is 10.5 Å². The molecule has 0 spiro atoms. The Balaban J connectivity index is 0.00000225. The molecule has 1 atom stereocenters. The van der Waals surface area contributed by atoms with Crippen LogP contribution in [0.2, 0.25) is 0 Å². The van der Waals surface area contributed by atoms with Crippen LogP contribution in [0.15, 0.2) is 24.3 Å². The minimum Gasteiger partial charge on any atom is -0.494 e. The molecule has 16 heavy (non-hydrogen) atoms. The third kappa shape index (κ3) is 4.51. The second kappa shape index (κ2) is 7.09. The zero-order valence-corrected chi connectivity index (χ0v) is 10.2. The molecule has 0 unspecified atom stereocenters. The Kier molecular flexibility index (Phi) is 6.53. The lowest BCUT2D eigenvalue weighted by Gasteiger charge is -2.08. The van der Waals surface area contributed by atoms with Gasteiger partial charge in [0.2, 0.25) is 5.91 Å². The number of anilines is 1. The molecular weight excluding hydrogens is 228 g/mol. The molecule has 1 amide bonds. The molecule has 4 nitrogen and oxygen atoms in total. The van der Waals surface area contributed by atoms with Gasteiger partial charge in [0.25, 0.3) is 0 Å². The Morgan fingerprint density at radius 3 is 2.44 bits per heavy atom. The van der Waals surface area contributed by atoms with Crippen LogP contribution in [0.1, 0.15) is 13.8 Å². The minimum atomic E-state index is -0.503. The molecule has 0 saturated carbocycles. The summed E-state index contributed by atoms with van der Waals surface area (Å²) in [6.45, 7) is 4.20. The number of hydrogen-bond acceptors (Lipinski definition) is 3. The zero-order valence-electron chi connectivity index (χ0n) is 9.40. The Hall–Kier alpha value is -1.26. The standard InChI is InChI=1S/C11H16N2O2.ClH/c1-3-15-10-6-4-9(5-7-10)13-11(14)8(2)12;/h4-8H,3,12H2,1-2H3,(H,13,14);1H/t8-;/m1./s1. The average Bonchev–Trinajstić information content (AvgIpc) is 2.21. The van der Waals surface area contributed by atoms with E-state index in [2.05, 4.69) is 5.32 Å². The Labute approximate surface area is 102 Å². The van der Waals surface area contributed by atoms with Crippen molar-refractivity contribution >= 4 is 24.0 Å². The molecule has 0 fully saturated rings. The highest BCUT2D eigenvalue weighted by Crippen LogP contribution is 2.15. The first-order chi connectivity index (χ1) is 7.13. The molecule has 0 heterocycles. The van der Waals surface area contributed by atoms with Gasteiger partial charge in [-0.3, -0.25) is 4.79 Å². The van der Waals surface area contributed by atoms with E-state index in [0.29, 0.717) is 6.61 Å². The Morgan fingerprint density at radius 2 is 2.00 bits per heavy atom. The van der Waals surface area contributed by atoms with Crippen molar-refractivity contribution in [3.05, 3.63) is 24.3 Å². The van der Waals surface area contributed by atoms with E-state index < -0.39 is 6.04 Å². The highest BCUT2D eigenvalue weighted by Gasteiger charge is 2.06. The van der Waals surface area contributed by atoms with Crippen LogP contribution in [0.5, 0.6) is 5.75 Å². The quantitative estimate of drug-likeness (QED) is 0.849. The maximum Gasteiger partial charge on any atom is 0.240 e. The van der Waals surface area contributed by atoms with Crippen molar-refractivity contribution in [1.29, 1.82) is 0 Å². The summed E-state index contributed by atoms with van der Waals surface area (Å²) in [7, 11) is 0. The predicted octanol–water partition coefficient (Wildman–Crippen LogP) is 1.79. The van der Waals surface area contributed by atoms with Gasteiger partial charge in [0.05, 0.1) is 12.6 Å². The van der Waals surface area contributed by atoms with Crippen LogP contribution in [-0.2, 0) is 4.79 Å². The third-order valence-electron chi connectivity index (χ3n) is 1.85. The maximum absolute atomic E-state index is 11.3. The fraction of sp³-hybridized carbons (Fsp3) is 0.364. The number of nitrogens with one attached hydrogen (secondary N) is 1. The van der Waals surface area contributed by atoms with Crippen molar-refractivity contribution in [2.45, 2.75) is 19.9 Å². The van der Waals surface area contributed by atoms with E-state index in [1.807, 2.05) is 6.92 Å². The summed E-state index contributed by atoms with van der Waals surface area (Å²) in [5, 5.41) is 2.69. The van der Waals surface area contributed by atoms with Gasteiger partial charge in [0.15, 0.2) is 0 Å². The molecular formula is C11H17ClN2O2. The zero-order chi connectivity index (χ0) is 11.3. The lowest BCUT2D eigenvalue weighted by Crippen LogP contribution is -2.32. The highest BCUT2D eigenvalue weighted by atomic mass is 35.5. The summed E-state index contributed by atoms with van der Waals surface area (Å²) in [6, 6.07) is 6.67. The summed E-state index contributed by atoms with van der Waals surface area (Å²) in [5.74, 6) is 0.593. The second-order valence-electron chi connectivity index (χ2n) is 3.24. The molecule has 0 aromatic heterocycles. The van der Waals surface area contributed by atoms with Gasteiger partial charge in [-0.2, -0.15) is 0 Å². The van der Waals surface area contributed by atoms with Gasteiger partial charge in [-0.1, -0.05) is 0 Å². The fourth-order valence-corrected chi connectivity index (χ4v) is 1.06. The van der Waals surface area contributed by atoms with Crippen LogP contribution >= 0.6 is 12.4 Å². The largest absolute Gasteiger partial charge is 0.494 e. The van der Waals surface area contributed by atoms with E-state index in [1.165, 1.54) is 0 Å². The molecule has 0 saturated heterocycles. The summed E-state index contributed by atoms with van der Waals surface area (Å²) in [5.41, 5.74) is 6.15. The van der Waals surface area contributed by atoms with Crippen molar-refractivity contribution in [2.24, 2.45) is 5.73 Å². The van der Waals surface area contributed by atoms with Gasteiger partial charge in [0, 0.05) is 5.69 Å². The average molecular weight is 245 g/mol. The normalized spacial score (nSPS) is 11.2. The number of nitrogens with two attached hydrogens (primary N) is 1. The van der Waals surface area contributed by atoms with Crippen molar-refractivity contribution in [3.63, 3.8) is 0 Å². The van der Waals surface area contributed by atoms with Gasteiger partial charge in [0.1, 0.15) is 5.75 Å². The molecule has 0 aliphatic heterocycles. The molecule has 0 radical (unpaired) electrons. The van der Waals surface area contributed by atoms with Crippen molar-refractivity contribution in [1.82, 2.24) is 0 Å². The number of rotatable bonds is 4. The summed E-state index contributed by atoms with van der Waals surface area (Å²) < 4.78 is 5.28. The number of carbonyl (C=O) groups excluding carboxylic acids is 1. The smallest absolute Gasteiger partial charge is 0.240 e. The molecule has 1 aromatic carbocycles. The van der Waals surface area contributed by atoms with Crippen LogP contribution in [0.25, 0.3) is 0 Å². The van der Waals surface area contributed by atoms with Gasteiger partial charge < -0.3 is 15.8 Å². The van der Waals surface area contributed by atoms with Crippen LogP contribution < -0.4 is 15.8 Å². The number of carbonyl (C=O) groups is 1. The number of hydrogen-bond donors (Lipinski definition) is 2.